The molecule has 144 valence electrons. The molecular weight excluding hydrogens is 352 g/mol. The predicted octanol–water partition coefficient (Wildman–Crippen LogP) is 2.85. The number of nitrogens with zero attached hydrogens (tertiary/aromatic N) is 1. The Morgan fingerprint density at radius 3 is 2.54 bits per heavy atom. The van der Waals surface area contributed by atoms with Crippen LogP contribution in [0.2, 0.25) is 0 Å². The molecule has 6 nitrogen and oxygen atoms in total. The van der Waals surface area contributed by atoms with E-state index in [1.54, 1.807) is 12.1 Å². The fraction of sp³-hybridized carbons (Fsp3) is 0.579. The Balaban J connectivity index is 0.00000243. The third-order valence-corrected chi connectivity index (χ3v) is 5.23. The Labute approximate surface area is 161 Å². The molecule has 2 heterocycles. The van der Waals surface area contributed by atoms with Crippen molar-refractivity contribution in [1.29, 1.82) is 0 Å². The highest BCUT2D eigenvalue weighted by Gasteiger charge is 2.38. The Morgan fingerprint density at radius 2 is 1.92 bits per heavy atom. The number of anilines is 1. The van der Waals surface area contributed by atoms with Gasteiger partial charge in [-0.2, -0.15) is 0 Å². The highest BCUT2D eigenvalue weighted by Crippen LogP contribution is 2.37. The minimum atomic E-state index is -0.256. The van der Waals surface area contributed by atoms with E-state index in [9.17, 15) is 9.59 Å². The molecule has 1 aromatic carbocycles. The van der Waals surface area contributed by atoms with Crippen LogP contribution in [0.3, 0.4) is 0 Å². The van der Waals surface area contributed by atoms with Crippen LogP contribution in [0.1, 0.15) is 43.5 Å². The smallest absolute Gasteiger partial charge is 0.319 e. The van der Waals surface area contributed by atoms with Gasteiger partial charge in [0.1, 0.15) is 0 Å². The van der Waals surface area contributed by atoms with Gasteiger partial charge in [-0.25, -0.2) is 4.79 Å². The highest BCUT2D eigenvalue weighted by molar-refractivity contribution is 5.97. The van der Waals surface area contributed by atoms with Gasteiger partial charge in [0.05, 0.1) is 0 Å². The molecule has 0 saturated carbocycles. The lowest BCUT2D eigenvalue weighted by atomic mass is 9.78. The maximum Gasteiger partial charge on any atom is 0.319 e. The van der Waals surface area contributed by atoms with Gasteiger partial charge in [0.25, 0.3) is 5.91 Å². The molecule has 2 saturated heterocycles. The van der Waals surface area contributed by atoms with Crippen molar-refractivity contribution in [2.45, 2.75) is 39.2 Å². The lowest BCUT2D eigenvalue weighted by Gasteiger charge is -2.39. The van der Waals surface area contributed by atoms with E-state index in [2.05, 4.69) is 16.0 Å². The van der Waals surface area contributed by atoms with Crippen LogP contribution in [0.5, 0.6) is 0 Å². The second-order valence-corrected chi connectivity index (χ2v) is 7.55. The van der Waals surface area contributed by atoms with Gasteiger partial charge in [0, 0.05) is 36.9 Å². The molecule has 3 N–H and O–H groups in total. The van der Waals surface area contributed by atoms with E-state index >= 15 is 0 Å². The fourth-order valence-electron chi connectivity index (χ4n) is 3.75. The minimum absolute atomic E-state index is 0. The predicted molar refractivity (Wildman–Crippen MR) is 106 cm³/mol. The SMILES string of the molecule is CC(C)NC(=O)Nc1cccc(C(=O)N2CCC3(CCNC3)CC2)c1.Cl. The van der Waals surface area contributed by atoms with Gasteiger partial charge < -0.3 is 20.9 Å². The Kier molecular flexibility index (Phi) is 6.89. The first-order valence-electron chi connectivity index (χ1n) is 9.15. The summed E-state index contributed by atoms with van der Waals surface area (Å²) >= 11 is 0. The topological polar surface area (TPSA) is 73.5 Å². The molecule has 1 aromatic rings. The summed E-state index contributed by atoms with van der Waals surface area (Å²) in [7, 11) is 0. The van der Waals surface area contributed by atoms with Crippen LogP contribution in [0.4, 0.5) is 10.5 Å². The first-order valence-corrected chi connectivity index (χ1v) is 9.15. The summed E-state index contributed by atoms with van der Waals surface area (Å²) in [5, 5.41) is 9.01. The quantitative estimate of drug-likeness (QED) is 0.754. The second kappa shape index (κ2) is 8.73. The first-order chi connectivity index (χ1) is 12.0. The van der Waals surface area contributed by atoms with Crippen molar-refractivity contribution in [1.82, 2.24) is 15.5 Å². The van der Waals surface area contributed by atoms with Crippen LogP contribution in [-0.2, 0) is 0 Å². The Hall–Kier alpha value is -1.79. The van der Waals surface area contributed by atoms with Crippen molar-refractivity contribution in [3.8, 4) is 0 Å². The van der Waals surface area contributed by atoms with E-state index in [1.165, 1.54) is 6.42 Å². The third-order valence-electron chi connectivity index (χ3n) is 5.23. The van der Waals surface area contributed by atoms with E-state index in [-0.39, 0.29) is 30.4 Å². The van der Waals surface area contributed by atoms with Gasteiger partial charge in [-0.15, -0.1) is 12.4 Å². The summed E-state index contributed by atoms with van der Waals surface area (Å²) in [6.07, 6.45) is 3.36. The maximum absolute atomic E-state index is 12.8. The number of amides is 3. The minimum Gasteiger partial charge on any atom is -0.339 e. The van der Waals surface area contributed by atoms with Crippen LogP contribution in [-0.4, -0.2) is 49.1 Å². The maximum atomic E-state index is 12.8. The number of benzene rings is 1. The molecule has 2 fully saturated rings. The summed E-state index contributed by atoms with van der Waals surface area (Å²) in [6.45, 7) is 7.61. The van der Waals surface area contributed by atoms with E-state index in [4.69, 9.17) is 0 Å². The number of piperidine rings is 1. The molecule has 0 aromatic heterocycles. The average Bonchev–Trinajstić information content (AvgIpc) is 3.02. The Bertz CT molecular complexity index is 634. The third kappa shape index (κ3) is 4.89. The molecule has 7 heteroatoms. The van der Waals surface area contributed by atoms with Crippen molar-refractivity contribution in [2.75, 3.05) is 31.5 Å². The van der Waals surface area contributed by atoms with Gasteiger partial charge in [-0.1, -0.05) is 6.07 Å². The number of carbonyl (C=O) groups excluding carboxylic acids is 2. The highest BCUT2D eigenvalue weighted by atomic mass is 35.5. The number of rotatable bonds is 3. The zero-order valence-corrected chi connectivity index (χ0v) is 16.3. The molecule has 0 aliphatic carbocycles. The molecular formula is C19H29ClN4O2. The second-order valence-electron chi connectivity index (χ2n) is 7.55. The van der Waals surface area contributed by atoms with Crippen molar-refractivity contribution in [3.63, 3.8) is 0 Å². The zero-order chi connectivity index (χ0) is 17.9. The lowest BCUT2D eigenvalue weighted by Crippen LogP contribution is -2.44. The van der Waals surface area contributed by atoms with E-state index in [0.717, 1.165) is 39.0 Å². The van der Waals surface area contributed by atoms with Crippen molar-refractivity contribution < 1.29 is 9.59 Å². The van der Waals surface area contributed by atoms with Gasteiger partial charge in [-0.3, -0.25) is 4.79 Å². The van der Waals surface area contributed by atoms with Crippen LogP contribution in [0, 0.1) is 5.41 Å². The number of urea groups is 1. The summed E-state index contributed by atoms with van der Waals surface area (Å²) in [5.74, 6) is 0.0497. The summed E-state index contributed by atoms with van der Waals surface area (Å²) in [4.78, 5) is 26.6. The lowest BCUT2D eigenvalue weighted by molar-refractivity contribution is 0.0607. The normalized spacial score (nSPS) is 18.5. The molecule has 0 bridgehead atoms. The molecule has 26 heavy (non-hydrogen) atoms. The number of likely N-dealkylation sites (tertiary alicyclic amines) is 1. The summed E-state index contributed by atoms with van der Waals surface area (Å²) in [5.41, 5.74) is 1.66. The first kappa shape index (κ1) is 20.5. The molecule has 0 unspecified atom stereocenters. The largest absolute Gasteiger partial charge is 0.339 e. The van der Waals surface area contributed by atoms with Crippen LogP contribution >= 0.6 is 12.4 Å². The van der Waals surface area contributed by atoms with E-state index in [1.807, 2.05) is 30.9 Å². The zero-order valence-electron chi connectivity index (χ0n) is 15.5. The molecule has 0 atom stereocenters. The van der Waals surface area contributed by atoms with Gasteiger partial charge in [-0.05, 0) is 63.3 Å². The summed E-state index contributed by atoms with van der Waals surface area (Å²) < 4.78 is 0. The number of hydrogen-bond acceptors (Lipinski definition) is 3. The molecule has 0 radical (unpaired) electrons. The molecule has 1 spiro atoms. The number of nitrogens with one attached hydrogen (secondary N) is 3. The van der Waals surface area contributed by atoms with Gasteiger partial charge >= 0.3 is 6.03 Å². The Morgan fingerprint density at radius 1 is 1.19 bits per heavy atom. The van der Waals surface area contributed by atoms with Crippen LogP contribution in [0.15, 0.2) is 24.3 Å². The summed E-state index contributed by atoms with van der Waals surface area (Å²) in [6, 6.07) is 6.99. The van der Waals surface area contributed by atoms with Crippen LogP contribution < -0.4 is 16.0 Å². The monoisotopic (exact) mass is 380 g/mol. The molecule has 2 aliphatic heterocycles. The number of hydrogen-bond donors (Lipinski definition) is 3. The van der Waals surface area contributed by atoms with Crippen molar-refractivity contribution in [2.24, 2.45) is 5.41 Å². The van der Waals surface area contributed by atoms with Gasteiger partial charge in [0.2, 0.25) is 0 Å². The molecule has 2 aliphatic rings. The van der Waals surface area contributed by atoms with Gasteiger partial charge in [0.15, 0.2) is 0 Å². The molecule has 3 rings (SSSR count). The average molecular weight is 381 g/mol. The van der Waals surface area contributed by atoms with E-state index in [0.29, 0.717) is 16.7 Å². The van der Waals surface area contributed by atoms with Crippen molar-refractivity contribution in [3.05, 3.63) is 29.8 Å². The van der Waals surface area contributed by atoms with Crippen molar-refractivity contribution >= 4 is 30.0 Å². The van der Waals surface area contributed by atoms with E-state index < -0.39 is 0 Å². The van der Waals surface area contributed by atoms with Crippen LogP contribution in [0.25, 0.3) is 0 Å². The number of carbonyl (C=O) groups is 2. The fourth-order valence-corrected chi connectivity index (χ4v) is 3.75. The molecule has 3 amide bonds. The number of halogens is 1. The standard InChI is InChI=1S/C19H28N4O2.ClH/c1-14(2)21-18(25)22-16-5-3-4-15(12-16)17(24)23-10-7-19(8-11-23)6-9-20-13-19;/h3-5,12,14,20H,6-11,13H2,1-2H3,(H2,21,22,25);1H.